The van der Waals surface area contributed by atoms with Crippen LogP contribution in [0.4, 0.5) is 0 Å². The van der Waals surface area contributed by atoms with Gasteiger partial charge >= 0.3 is 0 Å². The molecule has 1 aliphatic carbocycles. The number of hydrogen-bond donors (Lipinski definition) is 1. The minimum absolute atomic E-state index is 0.0332. The van der Waals surface area contributed by atoms with Gasteiger partial charge in [0.25, 0.3) is 0 Å². The second kappa shape index (κ2) is 6.48. The molecule has 0 saturated heterocycles. The summed E-state index contributed by atoms with van der Waals surface area (Å²) < 4.78 is 5.28. The average Bonchev–Trinajstić information content (AvgIpc) is 3.14. The van der Waals surface area contributed by atoms with Gasteiger partial charge in [0.15, 0.2) is 0 Å². The number of aromatic nitrogens is 1. The van der Waals surface area contributed by atoms with Crippen LogP contribution in [0.15, 0.2) is 12.3 Å². The van der Waals surface area contributed by atoms with Crippen LogP contribution in [0.5, 0.6) is 5.88 Å². The Kier molecular flexibility index (Phi) is 5.26. The third-order valence-electron chi connectivity index (χ3n) is 2.43. The molecule has 1 heterocycles. The van der Waals surface area contributed by atoms with E-state index >= 15 is 0 Å². The molecule has 0 aromatic carbocycles. The highest BCUT2D eigenvalue weighted by molar-refractivity contribution is 5.32. The number of hydrogen-bond acceptors (Lipinski definition) is 3. The fourth-order valence-corrected chi connectivity index (χ4v) is 1.52. The lowest BCUT2D eigenvalue weighted by Crippen LogP contribution is -2.04. The number of rotatable bonds is 4. The van der Waals surface area contributed by atoms with E-state index in [2.05, 4.69) is 11.1 Å². The van der Waals surface area contributed by atoms with E-state index in [9.17, 15) is 0 Å². The number of aliphatic hydroxyl groups excluding tert-OH is 1. The van der Waals surface area contributed by atoms with Crippen LogP contribution in [-0.2, 0) is 0 Å². The second-order valence-electron chi connectivity index (χ2n) is 3.74. The smallest absolute Gasteiger partial charge is 0.216 e. The maximum absolute atomic E-state index is 8.62. The van der Waals surface area contributed by atoms with Crippen molar-refractivity contribution in [2.75, 3.05) is 13.2 Å². The first-order valence-electron chi connectivity index (χ1n) is 6.01. The van der Waals surface area contributed by atoms with Crippen LogP contribution in [0.2, 0.25) is 0 Å². The molecule has 0 spiro atoms. The van der Waals surface area contributed by atoms with Gasteiger partial charge in [-0.25, -0.2) is 4.98 Å². The zero-order chi connectivity index (χ0) is 12.0. The Hall–Kier alpha value is -1.09. The fourth-order valence-electron chi connectivity index (χ4n) is 1.52. The Balaban J connectivity index is 0.000000606. The summed E-state index contributed by atoms with van der Waals surface area (Å²) in [6.45, 7) is 6.34. The standard InChI is InChI=1S/C11H15NO2.C2H6/c1-8-6-10(9-2-3-9)7-12-11(8)14-5-4-13;1-2/h6-7,9,13H,2-5H2,1H3;1-2H3. The van der Waals surface area contributed by atoms with Gasteiger partial charge in [-0.05, 0) is 37.3 Å². The van der Waals surface area contributed by atoms with E-state index in [4.69, 9.17) is 9.84 Å². The molecule has 1 N–H and O–H groups in total. The molecular formula is C13H21NO2. The molecule has 0 amide bonds. The third kappa shape index (κ3) is 3.49. The highest BCUT2D eigenvalue weighted by Crippen LogP contribution is 2.40. The summed E-state index contributed by atoms with van der Waals surface area (Å²) in [5.41, 5.74) is 2.38. The summed E-state index contributed by atoms with van der Waals surface area (Å²) in [6, 6.07) is 2.14. The van der Waals surface area contributed by atoms with Crippen molar-refractivity contribution >= 4 is 0 Å². The Morgan fingerprint density at radius 1 is 1.44 bits per heavy atom. The SMILES string of the molecule is CC.Cc1cc(C2CC2)cnc1OCCO. The van der Waals surface area contributed by atoms with Gasteiger partial charge in [0.2, 0.25) is 5.88 Å². The Labute approximate surface area is 97.5 Å². The van der Waals surface area contributed by atoms with Crippen molar-refractivity contribution in [3.63, 3.8) is 0 Å². The Morgan fingerprint density at radius 2 is 2.12 bits per heavy atom. The van der Waals surface area contributed by atoms with Crippen molar-refractivity contribution in [1.29, 1.82) is 0 Å². The zero-order valence-corrected chi connectivity index (χ0v) is 10.4. The largest absolute Gasteiger partial charge is 0.475 e. The maximum Gasteiger partial charge on any atom is 0.216 e. The quantitative estimate of drug-likeness (QED) is 0.853. The topological polar surface area (TPSA) is 42.4 Å². The molecule has 3 nitrogen and oxygen atoms in total. The van der Waals surface area contributed by atoms with Crippen LogP contribution < -0.4 is 4.74 Å². The summed E-state index contributed by atoms with van der Waals surface area (Å²) in [4.78, 5) is 4.24. The van der Waals surface area contributed by atoms with Gasteiger partial charge in [0, 0.05) is 11.8 Å². The van der Waals surface area contributed by atoms with Gasteiger partial charge in [-0.15, -0.1) is 0 Å². The van der Waals surface area contributed by atoms with E-state index in [0.717, 1.165) is 11.5 Å². The molecule has 0 bridgehead atoms. The van der Waals surface area contributed by atoms with Crippen LogP contribution in [0, 0.1) is 6.92 Å². The maximum atomic E-state index is 8.62. The van der Waals surface area contributed by atoms with Crippen molar-refractivity contribution < 1.29 is 9.84 Å². The Morgan fingerprint density at radius 3 is 2.62 bits per heavy atom. The monoisotopic (exact) mass is 223 g/mol. The molecule has 0 atom stereocenters. The Bertz CT molecular complexity index is 322. The summed E-state index contributed by atoms with van der Waals surface area (Å²) in [5, 5.41) is 8.62. The molecule has 16 heavy (non-hydrogen) atoms. The van der Waals surface area contributed by atoms with Gasteiger partial charge in [-0.3, -0.25) is 0 Å². The molecule has 1 aromatic rings. The van der Waals surface area contributed by atoms with Gasteiger partial charge in [-0.2, -0.15) is 0 Å². The first-order chi connectivity index (χ1) is 7.81. The van der Waals surface area contributed by atoms with Crippen molar-refractivity contribution in [2.45, 2.75) is 39.5 Å². The van der Waals surface area contributed by atoms with Crippen molar-refractivity contribution in [1.82, 2.24) is 4.98 Å². The van der Waals surface area contributed by atoms with Crippen molar-refractivity contribution in [3.05, 3.63) is 23.4 Å². The van der Waals surface area contributed by atoms with Crippen LogP contribution in [0.1, 0.15) is 43.7 Å². The number of aryl methyl sites for hydroxylation is 1. The van der Waals surface area contributed by atoms with E-state index in [0.29, 0.717) is 12.5 Å². The van der Waals surface area contributed by atoms with E-state index in [1.165, 1.54) is 18.4 Å². The lowest BCUT2D eigenvalue weighted by molar-refractivity contribution is 0.196. The molecular weight excluding hydrogens is 202 g/mol. The van der Waals surface area contributed by atoms with Crippen LogP contribution >= 0.6 is 0 Å². The highest BCUT2D eigenvalue weighted by Gasteiger charge is 2.24. The average molecular weight is 223 g/mol. The fraction of sp³-hybridized carbons (Fsp3) is 0.615. The van der Waals surface area contributed by atoms with E-state index in [1.54, 1.807) is 0 Å². The third-order valence-corrected chi connectivity index (χ3v) is 2.43. The van der Waals surface area contributed by atoms with Crippen LogP contribution in [0.25, 0.3) is 0 Å². The molecule has 0 aliphatic heterocycles. The number of nitrogens with zero attached hydrogens (tertiary/aromatic N) is 1. The zero-order valence-electron chi connectivity index (χ0n) is 10.4. The first kappa shape index (κ1) is 13.0. The lowest BCUT2D eigenvalue weighted by atomic mass is 10.1. The second-order valence-corrected chi connectivity index (χ2v) is 3.74. The van der Waals surface area contributed by atoms with E-state index in [-0.39, 0.29) is 6.61 Å². The molecule has 1 aromatic heterocycles. The predicted octanol–water partition coefficient (Wildman–Crippen LogP) is 2.66. The molecule has 1 aliphatic rings. The lowest BCUT2D eigenvalue weighted by Gasteiger charge is -2.07. The number of aliphatic hydroxyl groups is 1. The van der Waals surface area contributed by atoms with Gasteiger partial charge in [0.1, 0.15) is 6.61 Å². The van der Waals surface area contributed by atoms with Gasteiger partial charge in [0.05, 0.1) is 6.61 Å². The van der Waals surface area contributed by atoms with Crippen LogP contribution in [0.3, 0.4) is 0 Å². The molecule has 1 fully saturated rings. The minimum Gasteiger partial charge on any atom is -0.475 e. The van der Waals surface area contributed by atoms with E-state index < -0.39 is 0 Å². The summed E-state index contributed by atoms with van der Waals surface area (Å²) in [7, 11) is 0. The van der Waals surface area contributed by atoms with Gasteiger partial charge in [-0.1, -0.05) is 13.8 Å². The molecule has 2 rings (SSSR count). The van der Waals surface area contributed by atoms with E-state index in [1.807, 2.05) is 27.0 Å². The summed E-state index contributed by atoms with van der Waals surface area (Å²) >= 11 is 0. The van der Waals surface area contributed by atoms with Gasteiger partial charge < -0.3 is 9.84 Å². The highest BCUT2D eigenvalue weighted by atomic mass is 16.5. The van der Waals surface area contributed by atoms with Crippen LogP contribution in [-0.4, -0.2) is 23.3 Å². The number of ether oxygens (including phenoxy) is 1. The molecule has 1 saturated carbocycles. The first-order valence-corrected chi connectivity index (χ1v) is 6.01. The van der Waals surface area contributed by atoms with Crippen molar-refractivity contribution in [3.8, 4) is 5.88 Å². The minimum atomic E-state index is 0.0332. The molecule has 3 heteroatoms. The molecule has 90 valence electrons. The summed E-state index contributed by atoms with van der Waals surface area (Å²) in [5.74, 6) is 1.37. The predicted molar refractivity (Wildman–Crippen MR) is 64.9 cm³/mol. The summed E-state index contributed by atoms with van der Waals surface area (Å²) in [6.07, 6.45) is 4.47. The molecule has 0 unspecified atom stereocenters. The molecule has 0 radical (unpaired) electrons. The normalized spacial score (nSPS) is 14.0. The van der Waals surface area contributed by atoms with Crippen molar-refractivity contribution in [2.24, 2.45) is 0 Å². The number of pyridine rings is 1.